The molecule has 52 heavy (non-hydrogen) atoms. The molecule has 0 rings (SSSR count). The van der Waals surface area contributed by atoms with E-state index in [-0.39, 0.29) is 31.1 Å². The van der Waals surface area contributed by atoms with Crippen LogP contribution >= 0.6 is 0 Å². The first-order valence-corrected chi connectivity index (χ1v) is 22.9. The molecular weight excluding hydrogens is 648 g/mol. The van der Waals surface area contributed by atoms with Crippen LogP contribution < -0.4 is 0 Å². The summed E-state index contributed by atoms with van der Waals surface area (Å²) in [6.07, 6.45) is 39.4. The zero-order valence-corrected chi connectivity index (χ0v) is 35.3. The van der Waals surface area contributed by atoms with Gasteiger partial charge in [0.1, 0.15) is 13.2 Å². The third-order valence-electron chi connectivity index (χ3n) is 10.3. The second-order valence-electron chi connectivity index (χ2n) is 16.2. The minimum Gasteiger partial charge on any atom is -0.462 e. The summed E-state index contributed by atoms with van der Waals surface area (Å²) in [6.45, 7) is 8.96. The molecule has 0 spiro atoms. The van der Waals surface area contributed by atoms with E-state index in [2.05, 4.69) is 27.7 Å². The van der Waals surface area contributed by atoms with Crippen LogP contribution in [0.2, 0.25) is 0 Å². The lowest BCUT2D eigenvalue weighted by Crippen LogP contribution is -2.30. The summed E-state index contributed by atoms with van der Waals surface area (Å²) in [7, 11) is 0. The molecule has 0 fully saturated rings. The van der Waals surface area contributed by atoms with Crippen LogP contribution in [0.15, 0.2) is 0 Å². The van der Waals surface area contributed by atoms with Crippen LogP contribution in [0.25, 0.3) is 0 Å². The maximum Gasteiger partial charge on any atom is 0.306 e. The van der Waals surface area contributed by atoms with Gasteiger partial charge in [-0.1, -0.05) is 214 Å². The molecule has 6 nitrogen and oxygen atoms in total. The fraction of sp³-hybridized carbons (Fsp3) is 0.935. The number of hydrogen-bond donors (Lipinski definition) is 0. The molecule has 0 unspecified atom stereocenters. The Hall–Kier alpha value is -1.59. The molecule has 0 aliphatic heterocycles. The standard InChI is InChI=1S/C46H88O6/c1-5-7-9-11-13-15-17-18-22-26-30-34-38-45(48)51-41-43(40-50-44(47)37-33-29-25-21-16-14-12-10-8-6-2)52-46(49)39-35-31-27-23-19-20-24-28-32-36-42(3)4/h42-43H,5-41H2,1-4H3/t43-/m0/s1. The van der Waals surface area contributed by atoms with Gasteiger partial charge in [-0.25, -0.2) is 0 Å². The Morgan fingerprint density at radius 3 is 0.942 bits per heavy atom. The summed E-state index contributed by atoms with van der Waals surface area (Å²) in [5, 5.41) is 0. The van der Waals surface area contributed by atoms with Gasteiger partial charge >= 0.3 is 17.9 Å². The van der Waals surface area contributed by atoms with Gasteiger partial charge in [-0.05, 0) is 25.2 Å². The van der Waals surface area contributed by atoms with E-state index in [0.717, 1.165) is 63.7 Å². The van der Waals surface area contributed by atoms with Crippen molar-refractivity contribution >= 4 is 17.9 Å². The van der Waals surface area contributed by atoms with Crippen molar-refractivity contribution in [3.8, 4) is 0 Å². The highest BCUT2D eigenvalue weighted by atomic mass is 16.6. The number of rotatable bonds is 41. The lowest BCUT2D eigenvalue weighted by molar-refractivity contribution is -0.167. The monoisotopic (exact) mass is 737 g/mol. The Morgan fingerprint density at radius 2 is 0.635 bits per heavy atom. The summed E-state index contributed by atoms with van der Waals surface area (Å²) < 4.78 is 16.7. The minimum atomic E-state index is -0.759. The van der Waals surface area contributed by atoms with E-state index >= 15 is 0 Å². The van der Waals surface area contributed by atoms with Crippen molar-refractivity contribution in [3.05, 3.63) is 0 Å². The SMILES string of the molecule is CCCCCCCCCCCCCCC(=O)OC[C@H](COC(=O)CCCCCCCCCCCC)OC(=O)CCCCCCCCCCCC(C)C. The maximum atomic E-state index is 12.7. The molecular formula is C46H88O6. The summed E-state index contributed by atoms with van der Waals surface area (Å²) in [4.78, 5) is 37.7. The Morgan fingerprint density at radius 1 is 0.365 bits per heavy atom. The normalized spacial score (nSPS) is 11.9. The van der Waals surface area contributed by atoms with E-state index in [1.165, 1.54) is 148 Å². The molecule has 0 radical (unpaired) electrons. The Balaban J connectivity index is 4.33. The van der Waals surface area contributed by atoms with Gasteiger partial charge in [0.2, 0.25) is 0 Å². The molecule has 308 valence electrons. The smallest absolute Gasteiger partial charge is 0.306 e. The highest BCUT2D eigenvalue weighted by Crippen LogP contribution is 2.16. The van der Waals surface area contributed by atoms with E-state index in [1.54, 1.807) is 0 Å². The Kier molecular flexibility index (Phi) is 39.4. The number of unbranched alkanes of at least 4 members (excludes halogenated alkanes) is 28. The third-order valence-corrected chi connectivity index (χ3v) is 10.3. The number of carbonyl (C=O) groups is 3. The van der Waals surface area contributed by atoms with Crippen molar-refractivity contribution < 1.29 is 28.6 Å². The number of carbonyl (C=O) groups excluding carboxylic acids is 3. The highest BCUT2D eigenvalue weighted by molar-refractivity contribution is 5.71. The molecule has 0 saturated carbocycles. The van der Waals surface area contributed by atoms with Crippen LogP contribution in [-0.4, -0.2) is 37.2 Å². The van der Waals surface area contributed by atoms with Crippen molar-refractivity contribution in [2.45, 2.75) is 259 Å². The van der Waals surface area contributed by atoms with E-state index in [4.69, 9.17) is 14.2 Å². The zero-order chi connectivity index (χ0) is 38.2. The molecule has 6 heteroatoms. The average Bonchev–Trinajstić information content (AvgIpc) is 3.12. The van der Waals surface area contributed by atoms with Crippen molar-refractivity contribution in [2.24, 2.45) is 5.92 Å². The van der Waals surface area contributed by atoms with E-state index in [9.17, 15) is 14.4 Å². The summed E-state index contributed by atoms with van der Waals surface area (Å²) in [6, 6.07) is 0. The van der Waals surface area contributed by atoms with Gasteiger partial charge in [0.25, 0.3) is 0 Å². The van der Waals surface area contributed by atoms with Gasteiger partial charge in [-0.15, -0.1) is 0 Å². The fourth-order valence-electron chi connectivity index (χ4n) is 6.80. The first-order chi connectivity index (χ1) is 25.4. The molecule has 0 heterocycles. The quantitative estimate of drug-likeness (QED) is 0.0353. The molecule has 0 amide bonds. The van der Waals surface area contributed by atoms with Gasteiger partial charge < -0.3 is 14.2 Å². The van der Waals surface area contributed by atoms with E-state index in [0.29, 0.717) is 19.3 Å². The van der Waals surface area contributed by atoms with Crippen LogP contribution in [0.4, 0.5) is 0 Å². The van der Waals surface area contributed by atoms with Crippen LogP contribution in [0.1, 0.15) is 252 Å². The zero-order valence-electron chi connectivity index (χ0n) is 35.3. The summed E-state index contributed by atoms with van der Waals surface area (Å²) >= 11 is 0. The third kappa shape index (κ3) is 39.6. The van der Waals surface area contributed by atoms with Gasteiger partial charge in [-0.2, -0.15) is 0 Å². The first-order valence-electron chi connectivity index (χ1n) is 22.9. The highest BCUT2D eigenvalue weighted by Gasteiger charge is 2.19. The summed E-state index contributed by atoms with van der Waals surface area (Å²) in [5.41, 5.74) is 0. The Bertz CT molecular complexity index is 781. The topological polar surface area (TPSA) is 78.9 Å². The largest absolute Gasteiger partial charge is 0.462 e. The predicted octanol–water partition coefficient (Wildman–Crippen LogP) is 14.3. The van der Waals surface area contributed by atoms with Crippen molar-refractivity contribution in [1.82, 2.24) is 0 Å². The average molecular weight is 737 g/mol. The van der Waals surface area contributed by atoms with Gasteiger partial charge in [0, 0.05) is 19.3 Å². The molecule has 0 aromatic heterocycles. The molecule has 0 aliphatic carbocycles. The molecule has 0 aromatic carbocycles. The van der Waals surface area contributed by atoms with Crippen LogP contribution in [0.5, 0.6) is 0 Å². The van der Waals surface area contributed by atoms with Crippen molar-refractivity contribution in [3.63, 3.8) is 0 Å². The Labute approximate surface area is 323 Å². The lowest BCUT2D eigenvalue weighted by atomic mass is 10.0. The van der Waals surface area contributed by atoms with E-state index in [1.807, 2.05) is 0 Å². The second kappa shape index (κ2) is 40.6. The van der Waals surface area contributed by atoms with Gasteiger partial charge in [0.05, 0.1) is 0 Å². The predicted molar refractivity (Wildman–Crippen MR) is 220 cm³/mol. The van der Waals surface area contributed by atoms with Crippen molar-refractivity contribution in [1.29, 1.82) is 0 Å². The number of esters is 3. The first kappa shape index (κ1) is 50.4. The maximum absolute atomic E-state index is 12.7. The fourth-order valence-corrected chi connectivity index (χ4v) is 6.80. The minimum absolute atomic E-state index is 0.0640. The number of hydrogen-bond acceptors (Lipinski definition) is 6. The van der Waals surface area contributed by atoms with Crippen LogP contribution in [-0.2, 0) is 28.6 Å². The van der Waals surface area contributed by atoms with Crippen LogP contribution in [0.3, 0.4) is 0 Å². The molecule has 0 aliphatic rings. The molecule has 0 saturated heterocycles. The van der Waals surface area contributed by atoms with Crippen molar-refractivity contribution in [2.75, 3.05) is 13.2 Å². The lowest BCUT2D eigenvalue weighted by Gasteiger charge is -2.18. The molecule has 1 atom stereocenters. The number of ether oxygens (including phenoxy) is 3. The molecule has 0 N–H and O–H groups in total. The van der Waals surface area contributed by atoms with Crippen LogP contribution in [0, 0.1) is 5.92 Å². The van der Waals surface area contributed by atoms with Gasteiger partial charge in [-0.3, -0.25) is 14.4 Å². The molecule has 0 aromatic rings. The van der Waals surface area contributed by atoms with Gasteiger partial charge in [0.15, 0.2) is 6.10 Å². The second-order valence-corrected chi connectivity index (χ2v) is 16.2. The molecule has 0 bridgehead atoms. The van der Waals surface area contributed by atoms with E-state index < -0.39 is 6.10 Å². The summed E-state index contributed by atoms with van der Waals surface area (Å²) in [5.74, 6) is -0.0499.